The molecule has 1 aromatic carbocycles. The summed E-state index contributed by atoms with van der Waals surface area (Å²) in [4.78, 5) is 21.0. The summed E-state index contributed by atoms with van der Waals surface area (Å²) >= 11 is 0. The molecule has 23 heavy (non-hydrogen) atoms. The number of aryl methyl sites for hydroxylation is 1. The molecule has 0 saturated heterocycles. The standard InChI is InChI=1S/C17H23N5O/c1-13(20(2)11-16-18-12-19-21(16)3)17(23)22-9-8-14-6-4-5-7-15(14)10-22/h4-7,12-13H,8-11H2,1-3H3/t13-/m1/s1. The number of carbonyl (C=O) groups excluding carboxylic acids is 1. The van der Waals surface area contributed by atoms with Crippen LogP contribution in [0.15, 0.2) is 30.6 Å². The Bertz CT molecular complexity index is 696. The molecule has 0 unspecified atom stereocenters. The molecule has 3 rings (SSSR count). The normalized spacial score (nSPS) is 15.6. The van der Waals surface area contributed by atoms with Gasteiger partial charge >= 0.3 is 0 Å². The van der Waals surface area contributed by atoms with Crippen LogP contribution >= 0.6 is 0 Å². The molecular formula is C17H23N5O. The first-order valence-electron chi connectivity index (χ1n) is 7.95. The van der Waals surface area contributed by atoms with Gasteiger partial charge in [0.1, 0.15) is 12.2 Å². The highest BCUT2D eigenvalue weighted by Crippen LogP contribution is 2.20. The van der Waals surface area contributed by atoms with Crippen LogP contribution in [0.3, 0.4) is 0 Å². The lowest BCUT2D eigenvalue weighted by Crippen LogP contribution is -2.47. The fourth-order valence-corrected chi connectivity index (χ4v) is 2.96. The van der Waals surface area contributed by atoms with Gasteiger partial charge in [0.2, 0.25) is 5.91 Å². The van der Waals surface area contributed by atoms with Gasteiger partial charge in [-0.3, -0.25) is 14.4 Å². The van der Waals surface area contributed by atoms with Crippen molar-refractivity contribution in [1.82, 2.24) is 24.6 Å². The second kappa shape index (κ2) is 6.50. The van der Waals surface area contributed by atoms with Crippen LogP contribution in [0, 0.1) is 0 Å². The molecule has 1 aromatic heterocycles. The van der Waals surface area contributed by atoms with Crippen molar-refractivity contribution >= 4 is 5.91 Å². The lowest BCUT2D eigenvalue weighted by molar-refractivity contribution is -0.137. The molecule has 1 aliphatic rings. The van der Waals surface area contributed by atoms with Gasteiger partial charge in [-0.1, -0.05) is 24.3 Å². The van der Waals surface area contributed by atoms with E-state index in [0.717, 1.165) is 18.8 Å². The zero-order valence-corrected chi connectivity index (χ0v) is 13.9. The molecular weight excluding hydrogens is 290 g/mol. The maximum Gasteiger partial charge on any atom is 0.239 e. The predicted molar refractivity (Wildman–Crippen MR) is 87.5 cm³/mol. The van der Waals surface area contributed by atoms with Gasteiger partial charge in [0.25, 0.3) is 0 Å². The average molecular weight is 313 g/mol. The number of carbonyl (C=O) groups is 1. The molecule has 122 valence electrons. The zero-order chi connectivity index (χ0) is 16.4. The topological polar surface area (TPSA) is 54.3 Å². The quantitative estimate of drug-likeness (QED) is 0.852. The Morgan fingerprint density at radius 3 is 2.78 bits per heavy atom. The van der Waals surface area contributed by atoms with Crippen LogP contribution in [-0.2, 0) is 31.4 Å². The largest absolute Gasteiger partial charge is 0.337 e. The Hall–Kier alpha value is -2.21. The number of rotatable bonds is 4. The van der Waals surface area contributed by atoms with Crippen molar-refractivity contribution in [3.63, 3.8) is 0 Å². The second-order valence-electron chi connectivity index (χ2n) is 6.17. The highest BCUT2D eigenvalue weighted by molar-refractivity contribution is 5.81. The summed E-state index contributed by atoms with van der Waals surface area (Å²) in [5.74, 6) is 1.03. The van der Waals surface area contributed by atoms with Gasteiger partial charge in [-0.05, 0) is 31.5 Å². The summed E-state index contributed by atoms with van der Waals surface area (Å²) in [6, 6.07) is 8.19. The van der Waals surface area contributed by atoms with E-state index in [1.807, 2.05) is 36.9 Å². The first-order valence-corrected chi connectivity index (χ1v) is 7.95. The predicted octanol–water partition coefficient (Wildman–Crippen LogP) is 1.22. The van der Waals surface area contributed by atoms with E-state index in [4.69, 9.17) is 0 Å². The summed E-state index contributed by atoms with van der Waals surface area (Å²) in [6.07, 6.45) is 2.47. The number of hydrogen-bond donors (Lipinski definition) is 0. The number of likely N-dealkylation sites (N-methyl/N-ethyl adjacent to an activating group) is 1. The molecule has 0 saturated carbocycles. The first kappa shape index (κ1) is 15.7. The molecule has 0 spiro atoms. The van der Waals surface area contributed by atoms with Gasteiger partial charge in [0.15, 0.2) is 0 Å². The Balaban J connectivity index is 1.65. The molecule has 6 nitrogen and oxygen atoms in total. The minimum Gasteiger partial charge on any atom is -0.337 e. The summed E-state index contributed by atoms with van der Waals surface area (Å²) in [5, 5.41) is 4.07. The second-order valence-corrected chi connectivity index (χ2v) is 6.17. The summed E-state index contributed by atoms with van der Waals surface area (Å²) in [6.45, 7) is 4.06. The molecule has 1 aliphatic heterocycles. The molecule has 1 atom stereocenters. The van der Waals surface area contributed by atoms with Crippen molar-refractivity contribution < 1.29 is 4.79 Å². The highest BCUT2D eigenvalue weighted by atomic mass is 16.2. The SMILES string of the molecule is C[C@H](C(=O)N1CCc2ccccc2C1)N(C)Cc1ncnn1C. The van der Waals surface area contributed by atoms with Gasteiger partial charge in [-0.2, -0.15) is 5.10 Å². The zero-order valence-electron chi connectivity index (χ0n) is 13.9. The maximum atomic E-state index is 12.8. The van der Waals surface area contributed by atoms with Crippen LogP contribution in [-0.4, -0.2) is 50.1 Å². The van der Waals surface area contributed by atoms with Gasteiger partial charge in [0, 0.05) is 20.1 Å². The minimum atomic E-state index is -0.183. The van der Waals surface area contributed by atoms with Crippen LogP contribution < -0.4 is 0 Å². The minimum absolute atomic E-state index is 0.171. The van der Waals surface area contributed by atoms with Gasteiger partial charge < -0.3 is 4.90 Å². The number of amides is 1. The molecule has 2 aromatic rings. The Morgan fingerprint density at radius 2 is 2.09 bits per heavy atom. The van der Waals surface area contributed by atoms with E-state index >= 15 is 0 Å². The summed E-state index contributed by atoms with van der Waals surface area (Å²) in [5.41, 5.74) is 2.62. The Kier molecular flexibility index (Phi) is 4.43. The molecule has 0 fully saturated rings. The van der Waals surface area contributed by atoms with Crippen molar-refractivity contribution in [2.75, 3.05) is 13.6 Å². The van der Waals surface area contributed by atoms with Crippen LogP contribution in [0.5, 0.6) is 0 Å². The fourth-order valence-electron chi connectivity index (χ4n) is 2.96. The van der Waals surface area contributed by atoms with Gasteiger partial charge in [0.05, 0.1) is 12.6 Å². The Morgan fingerprint density at radius 1 is 1.35 bits per heavy atom. The van der Waals surface area contributed by atoms with Crippen molar-refractivity contribution in [3.8, 4) is 0 Å². The van der Waals surface area contributed by atoms with Crippen molar-refractivity contribution in [1.29, 1.82) is 0 Å². The molecule has 6 heteroatoms. The number of hydrogen-bond acceptors (Lipinski definition) is 4. The third kappa shape index (κ3) is 3.27. The van der Waals surface area contributed by atoms with Crippen LogP contribution in [0.4, 0.5) is 0 Å². The van der Waals surface area contributed by atoms with E-state index in [1.54, 1.807) is 4.68 Å². The molecule has 0 N–H and O–H groups in total. The highest BCUT2D eigenvalue weighted by Gasteiger charge is 2.27. The molecule has 0 radical (unpaired) electrons. The fraction of sp³-hybridized carbons (Fsp3) is 0.471. The third-order valence-electron chi connectivity index (χ3n) is 4.66. The van der Waals surface area contributed by atoms with Gasteiger partial charge in [-0.15, -0.1) is 0 Å². The van der Waals surface area contributed by atoms with E-state index in [1.165, 1.54) is 17.5 Å². The van der Waals surface area contributed by atoms with E-state index in [0.29, 0.717) is 13.1 Å². The molecule has 1 amide bonds. The summed E-state index contributed by atoms with van der Waals surface area (Å²) < 4.78 is 1.74. The number of benzene rings is 1. The van der Waals surface area contributed by atoms with Crippen LogP contribution in [0.2, 0.25) is 0 Å². The van der Waals surface area contributed by atoms with E-state index in [2.05, 4.69) is 28.3 Å². The van der Waals surface area contributed by atoms with Crippen molar-refractivity contribution in [3.05, 3.63) is 47.5 Å². The van der Waals surface area contributed by atoms with E-state index in [9.17, 15) is 4.79 Å². The monoisotopic (exact) mass is 313 g/mol. The smallest absolute Gasteiger partial charge is 0.239 e. The third-order valence-corrected chi connectivity index (χ3v) is 4.66. The average Bonchev–Trinajstić information content (AvgIpc) is 2.97. The van der Waals surface area contributed by atoms with Crippen molar-refractivity contribution in [2.45, 2.75) is 32.5 Å². The molecule has 0 aliphatic carbocycles. The van der Waals surface area contributed by atoms with E-state index in [-0.39, 0.29) is 11.9 Å². The number of nitrogens with zero attached hydrogens (tertiary/aromatic N) is 5. The Labute approximate surface area is 136 Å². The van der Waals surface area contributed by atoms with E-state index < -0.39 is 0 Å². The number of aromatic nitrogens is 3. The molecule has 2 heterocycles. The van der Waals surface area contributed by atoms with Crippen molar-refractivity contribution in [2.24, 2.45) is 7.05 Å². The first-order chi connectivity index (χ1) is 11.1. The molecule has 0 bridgehead atoms. The summed E-state index contributed by atoms with van der Waals surface area (Å²) in [7, 11) is 3.82. The van der Waals surface area contributed by atoms with Crippen LogP contribution in [0.25, 0.3) is 0 Å². The lowest BCUT2D eigenvalue weighted by atomic mass is 9.99. The van der Waals surface area contributed by atoms with Gasteiger partial charge in [-0.25, -0.2) is 4.98 Å². The van der Waals surface area contributed by atoms with Crippen LogP contribution in [0.1, 0.15) is 23.9 Å². The lowest BCUT2D eigenvalue weighted by Gasteiger charge is -2.33. The maximum absolute atomic E-state index is 12.8. The number of fused-ring (bicyclic) bond motifs is 1.